The molecule has 0 saturated heterocycles. The molecule has 2 nitrogen and oxygen atoms in total. The van der Waals surface area contributed by atoms with Crippen molar-refractivity contribution in [3.63, 3.8) is 0 Å². The largest absolute Gasteiger partial charge is 2.00 e. The van der Waals surface area contributed by atoms with Crippen LogP contribution in [0.4, 0.5) is 0 Å². The van der Waals surface area contributed by atoms with Crippen LogP contribution in [0.1, 0.15) is 5.56 Å². The molecule has 0 radical (unpaired) electrons. The first kappa shape index (κ1) is 24.4. The van der Waals surface area contributed by atoms with Crippen LogP contribution in [0.3, 0.4) is 0 Å². The number of rotatable bonds is 0. The molecule has 0 aliphatic rings. The first-order valence-electron chi connectivity index (χ1n) is 8.79. The first-order valence-corrected chi connectivity index (χ1v) is 8.79. The fraction of sp³-hybridized carbons (Fsp3) is 0. The van der Waals surface area contributed by atoms with Crippen LogP contribution in [-0.2, 0) is 0 Å². The molecule has 0 N–H and O–H groups in total. The maximum absolute atomic E-state index is 4.18. The summed E-state index contributed by atoms with van der Waals surface area (Å²) in [6.07, 6.45) is 3.62. The van der Waals surface area contributed by atoms with Crippen molar-refractivity contribution >= 4 is 44.9 Å². The number of benzene rings is 3. The predicted molar refractivity (Wildman–Crippen MR) is 120 cm³/mol. The summed E-state index contributed by atoms with van der Waals surface area (Å²) in [7, 11) is 0. The Morgan fingerprint density at radius 3 is 1.24 bits per heavy atom. The zero-order chi connectivity index (χ0) is 18.7. The van der Waals surface area contributed by atoms with E-state index in [1.165, 1.54) is 10.8 Å². The van der Waals surface area contributed by atoms with E-state index in [1.807, 2.05) is 91.3 Å². The Labute approximate surface area is 194 Å². The number of hydrogen-bond acceptors (Lipinski definition) is 2. The van der Waals surface area contributed by atoms with Crippen LogP contribution in [0.5, 0.6) is 0 Å². The van der Waals surface area contributed by atoms with Gasteiger partial charge in [0.25, 0.3) is 0 Å². The van der Waals surface area contributed by atoms with Gasteiger partial charge in [0.15, 0.2) is 0 Å². The number of nitrogens with zero attached hydrogens (tertiary/aromatic N) is 2. The van der Waals surface area contributed by atoms with Gasteiger partial charge in [0.1, 0.15) is 0 Å². The topological polar surface area (TPSA) is 25.8 Å². The summed E-state index contributed by atoms with van der Waals surface area (Å²) in [5.41, 5.74) is 3.19. The van der Waals surface area contributed by atoms with E-state index in [-0.39, 0.29) is 35.5 Å². The first-order chi connectivity index (χ1) is 13.3. The predicted octanol–water partition coefficient (Wildman–Crippen LogP) is 2.96. The summed E-state index contributed by atoms with van der Waals surface area (Å²) in [6, 6.07) is 34.0. The molecule has 4 heteroatoms. The molecule has 5 rings (SSSR count). The zero-order valence-electron chi connectivity index (χ0n) is 16.2. The summed E-state index contributed by atoms with van der Waals surface area (Å²) in [4.78, 5) is 8.36. The quantitative estimate of drug-likeness (QED) is 0.291. The third kappa shape index (κ3) is 8.12. The van der Waals surface area contributed by atoms with Crippen LogP contribution in [0.15, 0.2) is 116 Å². The van der Waals surface area contributed by atoms with E-state index in [0.717, 1.165) is 16.6 Å². The van der Waals surface area contributed by atoms with Crippen molar-refractivity contribution in [1.29, 1.82) is 0 Å². The summed E-state index contributed by atoms with van der Waals surface area (Å²) < 4.78 is 0. The Hall–Kier alpha value is -2.59. The third-order valence-corrected chi connectivity index (χ3v) is 3.87. The van der Waals surface area contributed by atoms with E-state index in [0.29, 0.717) is 0 Å². The number of fused-ring (bicyclic) bond motifs is 2. The number of halogens is 1. The third-order valence-electron chi connectivity index (χ3n) is 3.87. The fourth-order valence-corrected chi connectivity index (χ4v) is 2.51. The number of hydrogen-bond donors (Lipinski definition) is 0. The van der Waals surface area contributed by atoms with Crippen molar-refractivity contribution in [2.75, 3.05) is 0 Å². The maximum Gasteiger partial charge on any atom is 2.00 e. The van der Waals surface area contributed by atoms with Crippen molar-refractivity contribution in [3.8, 4) is 0 Å². The Kier molecular flexibility index (Phi) is 11.4. The van der Waals surface area contributed by atoms with E-state index < -0.39 is 0 Å². The fourth-order valence-electron chi connectivity index (χ4n) is 2.51. The van der Waals surface area contributed by atoms with Gasteiger partial charge in [-0.3, -0.25) is 9.97 Å². The normalized spacial score (nSPS) is 8.97. The molecule has 2 aromatic heterocycles. The molecular formula is C25H21ClMgN2. The van der Waals surface area contributed by atoms with Gasteiger partial charge < -0.3 is 12.4 Å². The number of aromatic nitrogens is 2. The minimum Gasteiger partial charge on any atom is -1.00 e. The molecule has 5 aromatic rings. The Bertz CT molecular complexity index is 899. The second kappa shape index (κ2) is 13.6. The molecule has 0 aliphatic carbocycles. The molecule has 0 saturated carbocycles. The van der Waals surface area contributed by atoms with Crippen molar-refractivity contribution in [2.45, 2.75) is 0 Å². The standard InChI is InChI=1S/2C9H7N.C7H7.ClH.Mg/c2*1-2-6-9-8(4-1)5-3-7-10-9;1-7-5-3-2-4-6-7;;/h2*1-7H;2-6H,1H2;1H;/q;;-1;;+2/p-1. The van der Waals surface area contributed by atoms with Crippen LogP contribution in [0.25, 0.3) is 21.8 Å². The molecular weight excluding hydrogens is 388 g/mol. The molecule has 0 atom stereocenters. The van der Waals surface area contributed by atoms with Crippen LogP contribution in [0.2, 0.25) is 0 Å². The van der Waals surface area contributed by atoms with Gasteiger partial charge in [0, 0.05) is 23.2 Å². The molecule has 0 spiro atoms. The summed E-state index contributed by atoms with van der Waals surface area (Å²) in [6.45, 7) is 3.72. The van der Waals surface area contributed by atoms with Gasteiger partial charge >= 0.3 is 23.1 Å². The van der Waals surface area contributed by atoms with E-state index in [4.69, 9.17) is 0 Å². The van der Waals surface area contributed by atoms with Crippen LogP contribution in [-0.4, -0.2) is 33.0 Å². The molecule has 0 bridgehead atoms. The number of para-hydroxylation sites is 2. The molecule has 3 aromatic carbocycles. The van der Waals surface area contributed by atoms with E-state index >= 15 is 0 Å². The van der Waals surface area contributed by atoms with Crippen molar-refractivity contribution < 1.29 is 12.4 Å². The van der Waals surface area contributed by atoms with Crippen molar-refractivity contribution in [2.24, 2.45) is 0 Å². The maximum atomic E-state index is 4.18. The smallest absolute Gasteiger partial charge is 1.00 e. The second-order valence-corrected chi connectivity index (χ2v) is 5.88. The van der Waals surface area contributed by atoms with Gasteiger partial charge in [-0.15, -0.1) is 12.1 Å². The Balaban J connectivity index is 0.000000214. The van der Waals surface area contributed by atoms with Crippen molar-refractivity contribution in [3.05, 3.63) is 128 Å². The second-order valence-electron chi connectivity index (χ2n) is 5.88. The SMILES string of the molecule is [CH2-]c1ccccc1.[Cl-].[Mg+2].c1ccc2ncccc2c1.c1ccc2ncccc2c1. The van der Waals surface area contributed by atoms with Gasteiger partial charge in [0.2, 0.25) is 0 Å². The molecule has 0 amide bonds. The molecule has 0 fully saturated rings. The van der Waals surface area contributed by atoms with Gasteiger partial charge in [-0.25, -0.2) is 0 Å². The molecule has 0 unspecified atom stereocenters. The van der Waals surface area contributed by atoms with Crippen LogP contribution in [0, 0.1) is 6.92 Å². The van der Waals surface area contributed by atoms with Gasteiger partial charge in [-0.1, -0.05) is 54.6 Å². The Morgan fingerprint density at radius 1 is 0.483 bits per heavy atom. The molecule has 140 valence electrons. The number of pyridine rings is 2. The summed E-state index contributed by atoms with van der Waals surface area (Å²) in [5, 5.41) is 2.40. The average molecular weight is 409 g/mol. The van der Waals surface area contributed by atoms with Gasteiger partial charge in [-0.2, -0.15) is 24.6 Å². The zero-order valence-corrected chi connectivity index (χ0v) is 18.3. The average Bonchev–Trinajstić information content (AvgIpc) is 2.75. The van der Waals surface area contributed by atoms with Crippen molar-refractivity contribution in [1.82, 2.24) is 9.97 Å². The Morgan fingerprint density at radius 2 is 0.862 bits per heavy atom. The minimum absolute atomic E-state index is 0. The minimum atomic E-state index is 0. The summed E-state index contributed by atoms with van der Waals surface area (Å²) in [5.74, 6) is 0. The monoisotopic (exact) mass is 408 g/mol. The van der Waals surface area contributed by atoms with E-state index in [2.05, 4.69) is 41.2 Å². The van der Waals surface area contributed by atoms with Gasteiger partial charge in [-0.05, 0) is 24.3 Å². The van der Waals surface area contributed by atoms with E-state index in [9.17, 15) is 0 Å². The molecule has 2 heterocycles. The van der Waals surface area contributed by atoms with Crippen LogP contribution >= 0.6 is 0 Å². The van der Waals surface area contributed by atoms with Crippen LogP contribution < -0.4 is 12.4 Å². The van der Waals surface area contributed by atoms with Gasteiger partial charge in [0.05, 0.1) is 11.0 Å². The molecule has 0 aliphatic heterocycles. The summed E-state index contributed by atoms with van der Waals surface area (Å²) >= 11 is 0. The van der Waals surface area contributed by atoms with E-state index in [1.54, 1.807) is 0 Å². The molecule has 29 heavy (non-hydrogen) atoms.